The van der Waals surface area contributed by atoms with E-state index in [0.717, 1.165) is 31.6 Å². The molecule has 0 aliphatic carbocycles. The molecule has 3 N–H and O–H groups in total. The van der Waals surface area contributed by atoms with Gasteiger partial charge in [0.15, 0.2) is 0 Å². The van der Waals surface area contributed by atoms with Crippen LogP contribution in [0.5, 0.6) is 0 Å². The first-order valence-electron chi connectivity index (χ1n) is 8.22. The van der Waals surface area contributed by atoms with Crippen molar-refractivity contribution in [3.8, 4) is 0 Å². The summed E-state index contributed by atoms with van der Waals surface area (Å²) >= 11 is 0. The Morgan fingerprint density at radius 3 is 2.88 bits per heavy atom. The third kappa shape index (κ3) is 5.11. The van der Waals surface area contributed by atoms with Crippen LogP contribution in [0.15, 0.2) is 18.5 Å². The SMILES string of the molecule is CC(C)(C)OC(=O)NCC1CCCN(c2ccncc2C(N)=O)C1. The lowest BCUT2D eigenvalue weighted by atomic mass is 9.97. The number of carbonyl (C=O) groups excluding carboxylic acids is 2. The number of primary amides is 1. The van der Waals surface area contributed by atoms with Gasteiger partial charge in [0.2, 0.25) is 0 Å². The lowest BCUT2D eigenvalue weighted by Crippen LogP contribution is -2.42. The summed E-state index contributed by atoms with van der Waals surface area (Å²) in [6, 6.07) is 1.81. The zero-order chi connectivity index (χ0) is 17.7. The lowest BCUT2D eigenvalue weighted by molar-refractivity contribution is 0.0517. The number of aromatic nitrogens is 1. The number of hydrogen-bond acceptors (Lipinski definition) is 5. The first-order valence-corrected chi connectivity index (χ1v) is 8.22. The average Bonchev–Trinajstić information content (AvgIpc) is 2.51. The smallest absolute Gasteiger partial charge is 0.407 e. The Morgan fingerprint density at radius 2 is 2.21 bits per heavy atom. The number of rotatable bonds is 4. The molecular weight excluding hydrogens is 308 g/mol. The molecule has 1 aliphatic heterocycles. The van der Waals surface area contributed by atoms with E-state index in [0.29, 0.717) is 18.0 Å². The Labute approximate surface area is 142 Å². The van der Waals surface area contributed by atoms with Gasteiger partial charge in [0.1, 0.15) is 5.60 Å². The summed E-state index contributed by atoms with van der Waals surface area (Å²) in [6.07, 6.45) is 4.76. The Hall–Kier alpha value is -2.31. The Bertz CT molecular complexity index is 598. The topological polar surface area (TPSA) is 97.6 Å². The Kier molecular flexibility index (Phi) is 5.64. The highest BCUT2D eigenvalue weighted by Crippen LogP contribution is 2.25. The van der Waals surface area contributed by atoms with Crippen LogP contribution in [-0.4, -0.2) is 42.2 Å². The predicted octanol–water partition coefficient (Wildman–Crippen LogP) is 1.92. The summed E-state index contributed by atoms with van der Waals surface area (Å²) in [4.78, 5) is 29.5. The molecular formula is C17H26N4O3. The van der Waals surface area contributed by atoms with Crippen molar-refractivity contribution < 1.29 is 14.3 Å². The van der Waals surface area contributed by atoms with Gasteiger partial charge < -0.3 is 20.7 Å². The molecule has 2 amide bonds. The molecule has 2 heterocycles. The quantitative estimate of drug-likeness (QED) is 0.877. The molecule has 7 heteroatoms. The molecule has 1 fully saturated rings. The van der Waals surface area contributed by atoms with Crippen LogP contribution in [0.3, 0.4) is 0 Å². The average molecular weight is 334 g/mol. The minimum atomic E-state index is -0.504. The first kappa shape index (κ1) is 18.0. The van der Waals surface area contributed by atoms with Crippen molar-refractivity contribution in [2.24, 2.45) is 11.7 Å². The Morgan fingerprint density at radius 1 is 1.46 bits per heavy atom. The van der Waals surface area contributed by atoms with Gasteiger partial charge in [0, 0.05) is 32.0 Å². The molecule has 0 bridgehead atoms. The standard InChI is InChI=1S/C17H26N4O3/c1-17(2,3)24-16(23)20-9-12-5-4-8-21(11-12)14-6-7-19-10-13(14)15(18)22/h6-7,10,12H,4-5,8-9,11H2,1-3H3,(H2,18,22)(H,20,23). The number of ether oxygens (including phenoxy) is 1. The second-order valence-electron chi connectivity index (χ2n) is 7.09. The second kappa shape index (κ2) is 7.51. The van der Waals surface area contributed by atoms with E-state index in [-0.39, 0.29) is 0 Å². The summed E-state index contributed by atoms with van der Waals surface area (Å²) < 4.78 is 5.26. The van der Waals surface area contributed by atoms with Gasteiger partial charge in [-0.1, -0.05) is 0 Å². The van der Waals surface area contributed by atoms with E-state index < -0.39 is 17.6 Å². The molecule has 0 radical (unpaired) electrons. The fourth-order valence-electron chi connectivity index (χ4n) is 2.85. The molecule has 1 unspecified atom stereocenters. The van der Waals surface area contributed by atoms with Crippen molar-refractivity contribution in [2.45, 2.75) is 39.2 Å². The number of piperidine rings is 1. The second-order valence-corrected chi connectivity index (χ2v) is 7.09. The summed E-state index contributed by atoms with van der Waals surface area (Å²) in [7, 11) is 0. The maximum absolute atomic E-state index is 11.8. The number of hydrogen-bond donors (Lipinski definition) is 2. The highest BCUT2D eigenvalue weighted by atomic mass is 16.6. The van der Waals surface area contributed by atoms with E-state index in [4.69, 9.17) is 10.5 Å². The van der Waals surface area contributed by atoms with E-state index in [1.807, 2.05) is 26.8 Å². The van der Waals surface area contributed by atoms with E-state index in [2.05, 4.69) is 15.2 Å². The monoisotopic (exact) mass is 334 g/mol. The molecule has 1 aromatic heterocycles. The predicted molar refractivity (Wildman–Crippen MR) is 91.9 cm³/mol. The zero-order valence-electron chi connectivity index (χ0n) is 14.5. The minimum Gasteiger partial charge on any atom is -0.444 e. The number of nitrogens with two attached hydrogens (primary N) is 1. The summed E-state index contributed by atoms with van der Waals surface area (Å²) in [5.74, 6) is -0.188. The fourth-order valence-corrected chi connectivity index (χ4v) is 2.85. The minimum absolute atomic E-state index is 0.292. The molecule has 1 aromatic rings. The molecule has 2 rings (SSSR count). The third-order valence-corrected chi connectivity index (χ3v) is 3.86. The van der Waals surface area contributed by atoms with E-state index >= 15 is 0 Å². The van der Waals surface area contributed by atoms with Crippen molar-refractivity contribution >= 4 is 17.7 Å². The van der Waals surface area contributed by atoms with Crippen molar-refractivity contribution in [1.29, 1.82) is 0 Å². The summed E-state index contributed by atoms with van der Waals surface area (Å²) in [5, 5.41) is 2.83. The van der Waals surface area contributed by atoms with Crippen LogP contribution in [0.2, 0.25) is 0 Å². The fraction of sp³-hybridized carbons (Fsp3) is 0.588. The normalized spacial score (nSPS) is 18.1. The zero-order valence-corrected chi connectivity index (χ0v) is 14.5. The molecule has 0 saturated carbocycles. The molecule has 1 aliphatic rings. The lowest BCUT2D eigenvalue weighted by Gasteiger charge is -2.35. The molecule has 0 spiro atoms. The van der Waals surface area contributed by atoms with Crippen molar-refractivity contribution in [3.63, 3.8) is 0 Å². The molecule has 7 nitrogen and oxygen atoms in total. The number of amides is 2. The summed E-state index contributed by atoms with van der Waals surface area (Å²) in [6.45, 7) is 7.66. The summed E-state index contributed by atoms with van der Waals surface area (Å²) in [5.41, 5.74) is 6.16. The van der Waals surface area contributed by atoms with Gasteiger partial charge >= 0.3 is 6.09 Å². The van der Waals surface area contributed by atoms with Crippen LogP contribution < -0.4 is 16.0 Å². The van der Waals surface area contributed by atoms with Crippen molar-refractivity contribution in [1.82, 2.24) is 10.3 Å². The Balaban J connectivity index is 1.95. The first-order chi connectivity index (χ1) is 11.3. The van der Waals surface area contributed by atoms with Crippen molar-refractivity contribution in [2.75, 3.05) is 24.5 Å². The van der Waals surface area contributed by atoms with Gasteiger partial charge in [0.05, 0.1) is 11.3 Å². The number of carbonyl (C=O) groups is 2. The number of nitrogens with zero attached hydrogens (tertiary/aromatic N) is 2. The van der Waals surface area contributed by atoms with Gasteiger partial charge in [-0.25, -0.2) is 4.79 Å². The number of pyridine rings is 1. The van der Waals surface area contributed by atoms with Crippen LogP contribution in [0.25, 0.3) is 0 Å². The molecule has 0 aromatic carbocycles. The van der Waals surface area contributed by atoms with Gasteiger partial charge in [-0.3, -0.25) is 9.78 Å². The number of anilines is 1. The number of alkyl carbamates (subject to hydrolysis) is 1. The maximum atomic E-state index is 11.8. The van der Waals surface area contributed by atoms with Gasteiger partial charge in [-0.05, 0) is 45.6 Å². The highest BCUT2D eigenvalue weighted by molar-refractivity contribution is 5.98. The van der Waals surface area contributed by atoms with Crippen LogP contribution in [0.1, 0.15) is 44.0 Å². The van der Waals surface area contributed by atoms with E-state index in [1.165, 1.54) is 6.20 Å². The van der Waals surface area contributed by atoms with Gasteiger partial charge in [0.25, 0.3) is 5.91 Å². The van der Waals surface area contributed by atoms with E-state index in [1.54, 1.807) is 6.20 Å². The van der Waals surface area contributed by atoms with E-state index in [9.17, 15) is 9.59 Å². The largest absolute Gasteiger partial charge is 0.444 e. The molecule has 24 heavy (non-hydrogen) atoms. The van der Waals surface area contributed by atoms with Crippen LogP contribution in [0.4, 0.5) is 10.5 Å². The number of nitrogens with one attached hydrogen (secondary N) is 1. The molecule has 1 atom stereocenters. The van der Waals surface area contributed by atoms with Gasteiger partial charge in [-0.2, -0.15) is 0 Å². The van der Waals surface area contributed by atoms with Gasteiger partial charge in [-0.15, -0.1) is 0 Å². The van der Waals surface area contributed by atoms with Crippen LogP contribution >= 0.6 is 0 Å². The highest BCUT2D eigenvalue weighted by Gasteiger charge is 2.24. The van der Waals surface area contributed by atoms with Crippen LogP contribution in [0, 0.1) is 5.92 Å². The van der Waals surface area contributed by atoms with Crippen LogP contribution in [-0.2, 0) is 4.74 Å². The third-order valence-electron chi connectivity index (χ3n) is 3.86. The van der Waals surface area contributed by atoms with Crippen molar-refractivity contribution in [3.05, 3.63) is 24.0 Å². The molecule has 1 saturated heterocycles. The maximum Gasteiger partial charge on any atom is 0.407 e. The molecule has 132 valence electrons.